The topological polar surface area (TPSA) is 32.7 Å². The number of aliphatic hydroxyl groups is 1. The van der Waals surface area contributed by atoms with Crippen LogP contribution in [0.2, 0.25) is 0 Å². The van der Waals surface area contributed by atoms with Gasteiger partial charge in [0.15, 0.2) is 11.6 Å². The third-order valence-electron chi connectivity index (χ3n) is 3.53. The summed E-state index contributed by atoms with van der Waals surface area (Å²) in [4.78, 5) is 2.03. The molecule has 1 N–H and O–H groups in total. The Morgan fingerprint density at radius 2 is 1.76 bits per heavy atom. The Balaban J connectivity index is 2.12. The number of hydrogen-bond acceptors (Lipinski definition) is 3. The highest BCUT2D eigenvalue weighted by atomic mass is 19.2. The molecule has 0 aromatic heterocycles. The number of aliphatic hydroxyl groups excluding tert-OH is 1. The van der Waals surface area contributed by atoms with Gasteiger partial charge in [-0.3, -0.25) is 4.90 Å². The lowest BCUT2D eigenvalue weighted by Crippen LogP contribution is -2.57. The van der Waals surface area contributed by atoms with Gasteiger partial charge < -0.3 is 9.84 Å². The molecule has 1 saturated heterocycles. The van der Waals surface area contributed by atoms with Crippen molar-refractivity contribution in [3.8, 4) is 0 Å². The minimum atomic E-state index is -1.06. The van der Waals surface area contributed by atoms with Crippen molar-refractivity contribution < 1.29 is 18.6 Å². The van der Waals surface area contributed by atoms with Crippen LogP contribution in [0.5, 0.6) is 0 Å². The molecule has 0 spiro atoms. The fourth-order valence-electron chi connectivity index (χ4n) is 3.20. The quantitative estimate of drug-likeness (QED) is 0.931. The van der Waals surface area contributed by atoms with Crippen LogP contribution in [-0.4, -0.2) is 40.8 Å². The molecule has 1 aliphatic heterocycles. The molecule has 0 aliphatic carbocycles. The average molecular weight is 299 g/mol. The van der Waals surface area contributed by atoms with Crippen molar-refractivity contribution in [2.45, 2.75) is 45.0 Å². The normalized spacial score (nSPS) is 23.0. The SMILES string of the molecule is CC1(C)CN(CC(O)c2cccc(F)c2F)CC(C)(C)O1. The smallest absolute Gasteiger partial charge is 0.164 e. The molecule has 0 radical (unpaired) electrons. The number of nitrogens with zero attached hydrogens (tertiary/aromatic N) is 1. The summed E-state index contributed by atoms with van der Waals surface area (Å²) in [5.41, 5.74) is -0.693. The minimum absolute atomic E-state index is 0.00268. The molecule has 3 nitrogen and oxygen atoms in total. The summed E-state index contributed by atoms with van der Waals surface area (Å²) in [6.45, 7) is 9.43. The van der Waals surface area contributed by atoms with Gasteiger partial charge in [0, 0.05) is 25.2 Å². The zero-order valence-corrected chi connectivity index (χ0v) is 13.0. The maximum atomic E-state index is 13.7. The van der Waals surface area contributed by atoms with E-state index in [1.54, 1.807) is 0 Å². The highest BCUT2D eigenvalue weighted by Gasteiger charge is 2.38. The van der Waals surface area contributed by atoms with Crippen LogP contribution in [0.3, 0.4) is 0 Å². The maximum absolute atomic E-state index is 13.7. The van der Waals surface area contributed by atoms with Crippen molar-refractivity contribution in [2.75, 3.05) is 19.6 Å². The molecule has 2 rings (SSSR count). The molecule has 0 amide bonds. The van der Waals surface area contributed by atoms with E-state index < -0.39 is 17.7 Å². The predicted octanol–water partition coefficient (Wildman–Crippen LogP) is 2.89. The number of morpholine rings is 1. The van der Waals surface area contributed by atoms with Crippen LogP contribution >= 0.6 is 0 Å². The van der Waals surface area contributed by atoms with E-state index in [4.69, 9.17) is 4.74 Å². The first kappa shape index (κ1) is 16.3. The predicted molar refractivity (Wildman–Crippen MR) is 77.0 cm³/mol. The summed E-state index contributed by atoms with van der Waals surface area (Å²) in [6, 6.07) is 3.87. The van der Waals surface area contributed by atoms with Crippen LogP contribution in [0.15, 0.2) is 18.2 Å². The number of halogens is 2. The van der Waals surface area contributed by atoms with Gasteiger partial charge in [0.1, 0.15) is 0 Å². The van der Waals surface area contributed by atoms with Crippen molar-refractivity contribution in [2.24, 2.45) is 0 Å². The van der Waals surface area contributed by atoms with Crippen LogP contribution in [0.4, 0.5) is 8.78 Å². The van der Waals surface area contributed by atoms with Gasteiger partial charge in [-0.15, -0.1) is 0 Å². The Hall–Kier alpha value is -1.04. The van der Waals surface area contributed by atoms with Gasteiger partial charge in [-0.2, -0.15) is 0 Å². The second-order valence-corrected chi connectivity index (χ2v) is 6.95. The van der Waals surface area contributed by atoms with Crippen molar-refractivity contribution >= 4 is 0 Å². The molecule has 1 unspecified atom stereocenters. The van der Waals surface area contributed by atoms with Crippen LogP contribution in [-0.2, 0) is 4.74 Å². The number of ether oxygens (including phenoxy) is 1. The largest absolute Gasteiger partial charge is 0.387 e. The lowest BCUT2D eigenvalue weighted by atomic mass is 9.98. The van der Waals surface area contributed by atoms with E-state index >= 15 is 0 Å². The molecule has 0 saturated carbocycles. The molecule has 1 heterocycles. The minimum Gasteiger partial charge on any atom is -0.387 e. The van der Waals surface area contributed by atoms with Gasteiger partial charge in [0.2, 0.25) is 0 Å². The van der Waals surface area contributed by atoms with E-state index in [1.165, 1.54) is 12.1 Å². The van der Waals surface area contributed by atoms with Gasteiger partial charge in [-0.1, -0.05) is 12.1 Å². The molecule has 1 aromatic carbocycles. The van der Waals surface area contributed by atoms with Crippen LogP contribution in [0, 0.1) is 11.6 Å². The Morgan fingerprint density at radius 1 is 1.19 bits per heavy atom. The second kappa shape index (κ2) is 5.63. The molecule has 21 heavy (non-hydrogen) atoms. The highest BCUT2D eigenvalue weighted by Crippen LogP contribution is 2.29. The average Bonchev–Trinajstić information content (AvgIpc) is 2.28. The zero-order valence-electron chi connectivity index (χ0n) is 13.0. The monoisotopic (exact) mass is 299 g/mol. The van der Waals surface area contributed by atoms with E-state index in [0.717, 1.165) is 6.07 Å². The van der Waals surface area contributed by atoms with E-state index in [0.29, 0.717) is 13.1 Å². The Morgan fingerprint density at radius 3 is 2.33 bits per heavy atom. The summed E-state index contributed by atoms with van der Waals surface area (Å²) in [5.74, 6) is -1.91. The molecule has 5 heteroatoms. The van der Waals surface area contributed by atoms with E-state index in [2.05, 4.69) is 0 Å². The van der Waals surface area contributed by atoms with Crippen molar-refractivity contribution in [3.63, 3.8) is 0 Å². The van der Waals surface area contributed by atoms with Gasteiger partial charge in [-0.25, -0.2) is 8.78 Å². The van der Waals surface area contributed by atoms with E-state index in [-0.39, 0.29) is 23.3 Å². The number of hydrogen-bond donors (Lipinski definition) is 1. The lowest BCUT2D eigenvalue weighted by Gasteiger charge is -2.47. The third kappa shape index (κ3) is 3.99. The summed E-state index contributed by atoms with van der Waals surface area (Å²) in [5, 5.41) is 10.2. The summed E-state index contributed by atoms with van der Waals surface area (Å²) < 4.78 is 32.9. The summed E-state index contributed by atoms with van der Waals surface area (Å²) >= 11 is 0. The van der Waals surface area contributed by atoms with E-state index in [9.17, 15) is 13.9 Å². The van der Waals surface area contributed by atoms with Gasteiger partial charge in [0.25, 0.3) is 0 Å². The van der Waals surface area contributed by atoms with Gasteiger partial charge in [0.05, 0.1) is 17.3 Å². The van der Waals surface area contributed by atoms with Crippen molar-refractivity contribution in [1.29, 1.82) is 0 Å². The molecule has 1 atom stereocenters. The maximum Gasteiger partial charge on any atom is 0.164 e. The molecule has 1 aliphatic rings. The van der Waals surface area contributed by atoms with E-state index in [1.807, 2.05) is 32.6 Å². The lowest BCUT2D eigenvalue weighted by molar-refractivity contribution is -0.183. The Kier molecular flexibility index (Phi) is 4.38. The fraction of sp³-hybridized carbons (Fsp3) is 0.625. The van der Waals surface area contributed by atoms with Crippen LogP contribution in [0.25, 0.3) is 0 Å². The second-order valence-electron chi connectivity index (χ2n) is 6.95. The van der Waals surface area contributed by atoms with Crippen molar-refractivity contribution in [3.05, 3.63) is 35.4 Å². The molecular weight excluding hydrogens is 276 g/mol. The standard InChI is InChI=1S/C16H23F2NO2/c1-15(2)9-19(10-16(3,4)21-15)8-13(20)11-6-5-7-12(17)14(11)18/h5-7,13,20H,8-10H2,1-4H3. The number of benzene rings is 1. The number of rotatable bonds is 3. The summed E-state index contributed by atoms with van der Waals surface area (Å²) in [7, 11) is 0. The summed E-state index contributed by atoms with van der Waals surface area (Å²) in [6.07, 6.45) is -1.06. The number of β-amino-alcohol motifs (C(OH)–C–C–N with tert-alkyl or cyclic N) is 1. The van der Waals surface area contributed by atoms with Crippen LogP contribution < -0.4 is 0 Å². The molecule has 1 aromatic rings. The van der Waals surface area contributed by atoms with Crippen LogP contribution in [0.1, 0.15) is 39.4 Å². The first-order chi connectivity index (χ1) is 9.60. The third-order valence-corrected chi connectivity index (χ3v) is 3.53. The molecule has 118 valence electrons. The highest BCUT2D eigenvalue weighted by molar-refractivity contribution is 5.21. The molecule has 1 fully saturated rings. The van der Waals surface area contributed by atoms with Gasteiger partial charge >= 0.3 is 0 Å². The molecule has 0 bridgehead atoms. The first-order valence-electron chi connectivity index (χ1n) is 7.14. The molecular formula is C16H23F2NO2. The van der Waals surface area contributed by atoms with Crippen molar-refractivity contribution in [1.82, 2.24) is 4.90 Å². The first-order valence-corrected chi connectivity index (χ1v) is 7.14. The zero-order chi connectivity index (χ0) is 15.8. The Labute approximate surface area is 124 Å². The fourth-order valence-corrected chi connectivity index (χ4v) is 3.20. The Bertz CT molecular complexity index is 501. The van der Waals surface area contributed by atoms with Gasteiger partial charge in [-0.05, 0) is 33.8 Å².